The van der Waals surface area contributed by atoms with E-state index < -0.39 is 0 Å². The second kappa shape index (κ2) is 8.73. The highest BCUT2D eigenvalue weighted by Crippen LogP contribution is 2.63. The quantitative estimate of drug-likeness (QED) is 0.386. The molecule has 1 aromatic carbocycles. The molecular formula is C23H23ClN6O2S2. The first-order chi connectivity index (χ1) is 16.5. The first-order valence-corrected chi connectivity index (χ1v) is 13.6. The molecule has 3 aromatic heterocycles. The van der Waals surface area contributed by atoms with E-state index in [1.54, 1.807) is 17.9 Å². The summed E-state index contributed by atoms with van der Waals surface area (Å²) in [6.07, 6.45) is 6.32. The highest BCUT2D eigenvalue weighted by Gasteiger charge is 2.50. The van der Waals surface area contributed by atoms with E-state index in [2.05, 4.69) is 61.8 Å². The Morgan fingerprint density at radius 3 is 2.79 bits per heavy atom. The van der Waals surface area contributed by atoms with Gasteiger partial charge in [0, 0.05) is 18.0 Å². The first-order valence-electron chi connectivity index (χ1n) is 11.3. The standard InChI is InChI=1S/C23H23ClN6O2S2/c1-29-12-25-21-19(29)22(31)30(13-26-21)11-18-27-20(28-32-18)14-8-16(9-14)23(33-6-3-7-34-23)15-4-2-5-17(24)10-15/h2,4-5,10,12-14,16H,3,6-9,11H2,1H3. The minimum absolute atomic E-state index is 0.0315. The van der Waals surface area contributed by atoms with Gasteiger partial charge in [0.2, 0.25) is 5.89 Å². The van der Waals surface area contributed by atoms with Crippen LogP contribution in [0.5, 0.6) is 0 Å². The number of hydrogen-bond donors (Lipinski definition) is 0. The van der Waals surface area contributed by atoms with Crippen LogP contribution >= 0.6 is 35.1 Å². The first kappa shape index (κ1) is 22.2. The van der Waals surface area contributed by atoms with E-state index in [1.807, 2.05) is 6.07 Å². The zero-order valence-electron chi connectivity index (χ0n) is 18.6. The van der Waals surface area contributed by atoms with Gasteiger partial charge in [0.25, 0.3) is 5.56 Å². The molecule has 1 saturated heterocycles. The van der Waals surface area contributed by atoms with Gasteiger partial charge >= 0.3 is 0 Å². The maximum absolute atomic E-state index is 12.8. The summed E-state index contributed by atoms with van der Waals surface area (Å²) >= 11 is 10.5. The number of imidazole rings is 1. The lowest BCUT2D eigenvalue weighted by Gasteiger charge is -2.49. The van der Waals surface area contributed by atoms with Gasteiger partial charge in [-0.05, 0) is 54.4 Å². The fourth-order valence-corrected chi connectivity index (χ4v) is 8.69. The van der Waals surface area contributed by atoms with Crippen molar-refractivity contribution in [2.75, 3.05) is 11.5 Å². The largest absolute Gasteiger partial charge is 0.337 e. The molecule has 1 aliphatic carbocycles. The Hall–Kier alpha value is -2.30. The van der Waals surface area contributed by atoms with Crippen LogP contribution in [0, 0.1) is 5.92 Å². The van der Waals surface area contributed by atoms with E-state index in [0.29, 0.717) is 23.0 Å². The fourth-order valence-electron chi connectivity index (χ4n) is 4.86. The molecule has 2 fully saturated rings. The molecule has 8 nitrogen and oxygen atoms in total. The molecule has 0 atom stereocenters. The molecule has 6 rings (SSSR count). The van der Waals surface area contributed by atoms with Crippen molar-refractivity contribution >= 4 is 46.3 Å². The zero-order chi connectivity index (χ0) is 23.3. The number of benzene rings is 1. The number of halogens is 1. The topological polar surface area (TPSA) is 91.6 Å². The van der Waals surface area contributed by atoms with Crippen LogP contribution in [-0.2, 0) is 17.7 Å². The van der Waals surface area contributed by atoms with Crippen LogP contribution in [0.15, 0.2) is 46.2 Å². The third kappa shape index (κ3) is 3.76. The molecule has 1 saturated carbocycles. The summed E-state index contributed by atoms with van der Waals surface area (Å²) in [5.41, 5.74) is 2.02. The summed E-state index contributed by atoms with van der Waals surface area (Å²) in [4.78, 5) is 25.8. The average Bonchev–Trinajstić information content (AvgIpc) is 3.42. The Bertz CT molecular complexity index is 1400. The molecule has 0 bridgehead atoms. The third-order valence-electron chi connectivity index (χ3n) is 6.68. The van der Waals surface area contributed by atoms with Gasteiger partial charge in [-0.25, -0.2) is 9.97 Å². The molecule has 11 heteroatoms. The van der Waals surface area contributed by atoms with Gasteiger partial charge in [-0.2, -0.15) is 4.98 Å². The Morgan fingerprint density at radius 1 is 1.21 bits per heavy atom. The maximum atomic E-state index is 12.8. The average molecular weight is 515 g/mol. The Labute approximate surface area is 209 Å². The molecule has 4 aromatic rings. The highest BCUT2D eigenvalue weighted by molar-refractivity contribution is 8.18. The van der Waals surface area contributed by atoms with Crippen LogP contribution in [-0.4, -0.2) is 40.7 Å². The van der Waals surface area contributed by atoms with Gasteiger partial charge in [-0.3, -0.25) is 9.36 Å². The summed E-state index contributed by atoms with van der Waals surface area (Å²) in [6, 6.07) is 8.32. The zero-order valence-corrected chi connectivity index (χ0v) is 20.9. The normalized spacial score (nSPS) is 22.1. The van der Waals surface area contributed by atoms with Crippen LogP contribution in [0.2, 0.25) is 5.02 Å². The van der Waals surface area contributed by atoms with E-state index in [0.717, 1.165) is 35.2 Å². The monoisotopic (exact) mass is 514 g/mol. The van der Waals surface area contributed by atoms with Crippen molar-refractivity contribution in [3.63, 3.8) is 0 Å². The molecular weight excluding hydrogens is 492 g/mol. The highest BCUT2D eigenvalue weighted by atomic mass is 35.5. The molecule has 176 valence electrons. The van der Waals surface area contributed by atoms with Crippen molar-refractivity contribution < 1.29 is 4.52 Å². The van der Waals surface area contributed by atoms with Crippen molar-refractivity contribution in [2.24, 2.45) is 13.0 Å². The molecule has 0 unspecified atom stereocenters. The summed E-state index contributed by atoms with van der Waals surface area (Å²) in [5, 5.41) is 5.04. The van der Waals surface area contributed by atoms with Crippen molar-refractivity contribution in [3.05, 3.63) is 69.6 Å². The van der Waals surface area contributed by atoms with E-state index in [4.69, 9.17) is 16.1 Å². The third-order valence-corrected chi connectivity index (χ3v) is 10.6. The number of hydrogen-bond acceptors (Lipinski definition) is 8. The maximum Gasteiger partial charge on any atom is 0.280 e. The summed E-state index contributed by atoms with van der Waals surface area (Å²) < 4.78 is 8.70. The molecule has 2 aliphatic rings. The molecule has 34 heavy (non-hydrogen) atoms. The van der Waals surface area contributed by atoms with Gasteiger partial charge in [0.15, 0.2) is 17.0 Å². The molecule has 1 aliphatic heterocycles. The van der Waals surface area contributed by atoms with Crippen molar-refractivity contribution in [1.82, 2.24) is 29.2 Å². The predicted molar refractivity (Wildman–Crippen MR) is 134 cm³/mol. The number of fused-ring (bicyclic) bond motifs is 1. The minimum atomic E-state index is -0.178. The van der Waals surface area contributed by atoms with Crippen LogP contribution in [0.3, 0.4) is 0 Å². The van der Waals surface area contributed by atoms with E-state index in [-0.39, 0.29) is 22.1 Å². The Balaban J connectivity index is 1.19. The number of aryl methyl sites for hydroxylation is 1. The molecule has 0 N–H and O–H groups in total. The molecule has 0 spiro atoms. The summed E-state index contributed by atoms with van der Waals surface area (Å²) in [7, 11) is 1.78. The molecule has 0 amide bonds. The summed E-state index contributed by atoms with van der Waals surface area (Å²) in [5.74, 6) is 4.24. The number of nitrogens with zero attached hydrogens (tertiary/aromatic N) is 6. The van der Waals surface area contributed by atoms with Crippen LogP contribution in [0.4, 0.5) is 0 Å². The molecule has 0 radical (unpaired) electrons. The smallest absolute Gasteiger partial charge is 0.280 e. The van der Waals surface area contributed by atoms with Crippen LogP contribution < -0.4 is 5.56 Å². The lowest BCUT2D eigenvalue weighted by Crippen LogP contribution is -2.40. The summed E-state index contributed by atoms with van der Waals surface area (Å²) in [6.45, 7) is 0.189. The van der Waals surface area contributed by atoms with Crippen LogP contribution in [0.25, 0.3) is 11.2 Å². The number of thioether (sulfide) groups is 2. The number of aromatic nitrogens is 6. The Morgan fingerprint density at radius 2 is 2.00 bits per heavy atom. The second-order valence-electron chi connectivity index (χ2n) is 8.85. The van der Waals surface area contributed by atoms with Crippen molar-refractivity contribution in [3.8, 4) is 0 Å². The van der Waals surface area contributed by atoms with Crippen LogP contribution in [0.1, 0.15) is 42.5 Å². The lowest BCUT2D eigenvalue weighted by molar-refractivity contribution is 0.229. The minimum Gasteiger partial charge on any atom is -0.337 e. The number of rotatable bonds is 5. The predicted octanol–water partition coefficient (Wildman–Crippen LogP) is 4.43. The van der Waals surface area contributed by atoms with Gasteiger partial charge in [0.1, 0.15) is 12.9 Å². The lowest BCUT2D eigenvalue weighted by atomic mass is 9.71. The molecule has 4 heterocycles. The van der Waals surface area contributed by atoms with E-state index in [1.165, 1.54) is 22.9 Å². The second-order valence-corrected chi connectivity index (χ2v) is 12.2. The van der Waals surface area contributed by atoms with E-state index in [9.17, 15) is 4.79 Å². The fraction of sp³-hybridized carbons (Fsp3) is 0.435. The SMILES string of the molecule is Cn1cnc2ncn(Cc3nc(C4CC(C5(c6cccc(Cl)c6)SCCCS5)C4)no3)c(=O)c21. The van der Waals surface area contributed by atoms with Gasteiger partial charge in [0.05, 0.1) is 10.4 Å². The van der Waals surface area contributed by atoms with Gasteiger partial charge in [-0.1, -0.05) is 28.9 Å². The van der Waals surface area contributed by atoms with Gasteiger partial charge < -0.3 is 9.09 Å². The Kier molecular flexibility index (Phi) is 5.69. The van der Waals surface area contributed by atoms with Crippen molar-refractivity contribution in [1.29, 1.82) is 0 Å². The van der Waals surface area contributed by atoms with E-state index >= 15 is 0 Å². The van der Waals surface area contributed by atoms with Gasteiger partial charge in [-0.15, -0.1) is 23.5 Å². The van der Waals surface area contributed by atoms with Crippen molar-refractivity contribution in [2.45, 2.75) is 35.8 Å².